The standard InChI is InChI=1S/C13H17NO3/c1-10-3-2-4-11(9-10)13(15)14-17-12-5-7-16-8-6-12/h2-4,9,12H,5-8H2,1H3,(H,14,15). The molecule has 0 bridgehead atoms. The van der Waals surface area contributed by atoms with Crippen molar-refractivity contribution in [2.45, 2.75) is 25.9 Å². The number of hydroxylamine groups is 1. The molecule has 0 unspecified atom stereocenters. The lowest BCUT2D eigenvalue weighted by Gasteiger charge is -2.21. The summed E-state index contributed by atoms with van der Waals surface area (Å²) < 4.78 is 5.21. The summed E-state index contributed by atoms with van der Waals surface area (Å²) in [5, 5.41) is 0. The summed E-state index contributed by atoms with van der Waals surface area (Å²) in [6.45, 7) is 3.35. The number of ether oxygens (including phenoxy) is 1. The lowest BCUT2D eigenvalue weighted by atomic mass is 10.1. The molecule has 1 aliphatic rings. The molecule has 1 aromatic rings. The molecule has 4 heteroatoms. The average molecular weight is 235 g/mol. The Kier molecular flexibility index (Phi) is 4.12. The molecule has 1 aliphatic heterocycles. The van der Waals surface area contributed by atoms with Gasteiger partial charge in [0.15, 0.2) is 0 Å². The molecule has 1 fully saturated rings. The van der Waals surface area contributed by atoms with Crippen LogP contribution < -0.4 is 5.48 Å². The molecule has 0 radical (unpaired) electrons. The van der Waals surface area contributed by atoms with Crippen molar-refractivity contribution in [3.05, 3.63) is 35.4 Å². The summed E-state index contributed by atoms with van der Waals surface area (Å²) >= 11 is 0. The molecule has 1 heterocycles. The number of hydrogen-bond donors (Lipinski definition) is 1. The fourth-order valence-electron chi connectivity index (χ4n) is 1.78. The van der Waals surface area contributed by atoms with Crippen LogP contribution in [0.25, 0.3) is 0 Å². The fourth-order valence-corrected chi connectivity index (χ4v) is 1.78. The SMILES string of the molecule is Cc1cccc(C(=O)NOC2CCOCC2)c1. The predicted molar refractivity (Wildman–Crippen MR) is 63.6 cm³/mol. The summed E-state index contributed by atoms with van der Waals surface area (Å²) in [6.07, 6.45) is 1.72. The summed E-state index contributed by atoms with van der Waals surface area (Å²) in [6, 6.07) is 7.42. The van der Waals surface area contributed by atoms with Crippen LogP contribution in [0.4, 0.5) is 0 Å². The minimum Gasteiger partial charge on any atom is -0.381 e. The van der Waals surface area contributed by atoms with E-state index in [-0.39, 0.29) is 12.0 Å². The van der Waals surface area contributed by atoms with E-state index in [9.17, 15) is 4.79 Å². The number of rotatable bonds is 3. The highest BCUT2D eigenvalue weighted by Crippen LogP contribution is 2.10. The highest BCUT2D eigenvalue weighted by atomic mass is 16.7. The van der Waals surface area contributed by atoms with Gasteiger partial charge >= 0.3 is 0 Å². The van der Waals surface area contributed by atoms with Gasteiger partial charge in [-0.1, -0.05) is 17.7 Å². The zero-order valence-corrected chi connectivity index (χ0v) is 9.94. The molecule has 0 atom stereocenters. The van der Waals surface area contributed by atoms with Crippen LogP contribution in [-0.2, 0) is 9.57 Å². The second kappa shape index (κ2) is 5.80. The van der Waals surface area contributed by atoms with Crippen LogP contribution in [-0.4, -0.2) is 25.2 Å². The molecule has 0 saturated carbocycles. The molecule has 1 saturated heterocycles. The zero-order chi connectivity index (χ0) is 12.1. The second-order valence-electron chi connectivity index (χ2n) is 4.23. The van der Waals surface area contributed by atoms with E-state index in [1.165, 1.54) is 0 Å². The smallest absolute Gasteiger partial charge is 0.274 e. The van der Waals surface area contributed by atoms with E-state index >= 15 is 0 Å². The van der Waals surface area contributed by atoms with Gasteiger partial charge in [0.25, 0.3) is 5.91 Å². The lowest BCUT2D eigenvalue weighted by Crippen LogP contribution is -2.33. The van der Waals surface area contributed by atoms with E-state index in [1.54, 1.807) is 6.07 Å². The molecule has 1 aromatic carbocycles. The molecule has 17 heavy (non-hydrogen) atoms. The van der Waals surface area contributed by atoms with Crippen LogP contribution in [0.15, 0.2) is 24.3 Å². The summed E-state index contributed by atoms with van der Waals surface area (Å²) in [5.74, 6) is -0.194. The van der Waals surface area contributed by atoms with Gasteiger partial charge in [-0.15, -0.1) is 0 Å². The van der Waals surface area contributed by atoms with Crippen LogP contribution in [0.1, 0.15) is 28.8 Å². The Morgan fingerprint density at radius 1 is 1.41 bits per heavy atom. The third kappa shape index (κ3) is 3.54. The molecule has 1 amide bonds. The molecule has 2 rings (SSSR count). The zero-order valence-electron chi connectivity index (χ0n) is 9.94. The Labute approximate surface area is 101 Å². The first-order chi connectivity index (χ1) is 8.25. The number of hydrogen-bond acceptors (Lipinski definition) is 3. The predicted octanol–water partition coefficient (Wildman–Crippen LogP) is 1.84. The lowest BCUT2D eigenvalue weighted by molar-refractivity contribution is -0.0673. The van der Waals surface area contributed by atoms with Gasteiger partial charge in [0.2, 0.25) is 0 Å². The first-order valence-electron chi connectivity index (χ1n) is 5.86. The van der Waals surface area contributed by atoms with Gasteiger partial charge in [0, 0.05) is 18.8 Å². The van der Waals surface area contributed by atoms with Crippen molar-refractivity contribution in [3.8, 4) is 0 Å². The summed E-state index contributed by atoms with van der Waals surface area (Å²) in [5.41, 5.74) is 4.18. The number of nitrogens with one attached hydrogen (secondary N) is 1. The second-order valence-corrected chi connectivity index (χ2v) is 4.23. The van der Waals surface area contributed by atoms with Gasteiger partial charge < -0.3 is 4.74 Å². The van der Waals surface area contributed by atoms with E-state index < -0.39 is 0 Å². The first kappa shape index (κ1) is 12.1. The van der Waals surface area contributed by atoms with Crippen molar-refractivity contribution in [1.29, 1.82) is 0 Å². The minimum absolute atomic E-state index is 0.0671. The number of carbonyl (C=O) groups is 1. The molecule has 0 spiro atoms. The first-order valence-corrected chi connectivity index (χ1v) is 5.86. The van der Waals surface area contributed by atoms with E-state index in [0.29, 0.717) is 18.8 Å². The van der Waals surface area contributed by atoms with Crippen molar-refractivity contribution < 1.29 is 14.4 Å². The molecule has 1 N–H and O–H groups in total. The molecule has 92 valence electrons. The van der Waals surface area contributed by atoms with Gasteiger partial charge in [-0.3, -0.25) is 9.63 Å². The Hall–Kier alpha value is -1.39. The Balaban J connectivity index is 1.84. The van der Waals surface area contributed by atoms with Crippen molar-refractivity contribution in [2.75, 3.05) is 13.2 Å². The minimum atomic E-state index is -0.194. The number of aryl methyl sites for hydroxylation is 1. The van der Waals surface area contributed by atoms with Gasteiger partial charge in [0.1, 0.15) is 0 Å². The Bertz CT molecular complexity index is 386. The van der Waals surface area contributed by atoms with Crippen molar-refractivity contribution in [3.63, 3.8) is 0 Å². The van der Waals surface area contributed by atoms with E-state index in [1.807, 2.05) is 25.1 Å². The van der Waals surface area contributed by atoms with Crippen LogP contribution in [0.3, 0.4) is 0 Å². The average Bonchev–Trinajstić information content (AvgIpc) is 2.37. The largest absolute Gasteiger partial charge is 0.381 e. The Morgan fingerprint density at radius 2 is 2.18 bits per heavy atom. The maximum Gasteiger partial charge on any atom is 0.274 e. The molecular weight excluding hydrogens is 218 g/mol. The van der Waals surface area contributed by atoms with Gasteiger partial charge in [-0.2, -0.15) is 0 Å². The van der Waals surface area contributed by atoms with E-state index in [2.05, 4.69) is 5.48 Å². The van der Waals surface area contributed by atoms with Crippen molar-refractivity contribution in [2.24, 2.45) is 0 Å². The maximum atomic E-state index is 11.8. The normalized spacial score (nSPS) is 16.8. The van der Waals surface area contributed by atoms with Gasteiger partial charge in [-0.05, 0) is 31.9 Å². The van der Waals surface area contributed by atoms with Crippen LogP contribution in [0.5, 0.6) is 0 Å². The maximum absolute atomic E-state index is 11.8. The highest BCUT2D eigenvalue weighted by molar-refractivity contribution is 5.93. The van der Waals surface area contributed by atoms with Gasteiger partial charge in [0.05, 0.1) is 6.10 Å². The van der Waals surface area contributed by atoms with Crippen LogP contribution in [0, 0.1) is 6.92 Å². The van der Waals surface area contributed by atoms with E-state index in [4.69, 9.17) is 9.57 Å². The summed E-state index contributed by atoms with van der Waals surface area (Å²) in [7, 11) is 0. The topological polar surface area (TPSA) is 47.6 Å². The highest BCUT2D eigenvalue weighted by Gasteiger charge is 2.16. The number of amides is 1. The fraction of sp³-hybridized carbons (Fsp3) is 0.462. The number of carbonyl (C=O) groups excluding carboxylic acids is 1. The quantitative estimate of drug-likeness (QED) is 0.813. The number of benzene rings is 1. The third-order valence-corrected chi connectivity index (χ3v) is 2.77. The molecule has 4 nitrogen and oxygen atoms in total. The molecule has 0 aromatic heterocycles. The van der Waals surface area contributed by atoms with E-state index in [0.717, 1.165) is 18.4 Å². The van der Waals surface area contributed by atoms with Crippen LogP contribution >= 0.6 is 0 Å². The summed E-state index contributed by atoms with van der Waals surface area (Å²) in [4.78, 5) is 17.1. The molecule has 0 aliphatic carbocycles. The van der Waals surface area contributed by atoms with Crippen molar-refractivity contribution >= 4 is 5.91 Å². The molecular formula is C13H17NO3. The Morgan fingerprint density at radius 3 is 2.88 bits per heavy atom. The van der Waals surface area contributed by atoms with Crippen LogP contribution in [0.2, 0.25) is 0 Å². The monoisotopic (exact) mass is 235 g/mol. The third-order valence-electron chi connectivity index (χ3n) is 2.77. The van der Waals surface area contributed by atoms with Crippen molar-refractivity contribution in [1.82, 2.24) is 5.48 Å². The van der Waals surface area contributed by atoms with Gasteiger partial charge in [-0.25, -0.2) is 5.48 Å².